The van der Waals surface area contributed by atoms with Crippen LogP contribution in [-0.2, 0) is 11.8 Å². The zero-order valence-electron chi connectivity index (χ0n) is 17.1. The van der Waals surface area contributed by atoms with Gasteiger partial charge in [-0.05, 0) is 43.4 Å². The van der Waals surface area contributed by atoms with Crippen molar-refractivity contribution < 1.29 is 5.11 Å². The summed E-state index contributed by atoms with van der Waals surface area (Å²) in [7, 11) is 0. The van der Waals surface area contributed by atoms with Crippen LogP contribution in [0, 0.1) is 0 Å². The molecule has 154 valence electrons. The van der Waals surface area contributed by atoms with Crippen molar-refractivity contribution in [3.8, 4) is 16.9 Å². The highest BCUT2D eigenvalue weighted by molar-refractivity contribution is 5.73. The van der Waals surface area contributed by atoms with Gasteiger partial charge in [0.15, 0.2) is 0 Å². The van der Waals surface area contributed by atoms with Crippen LogP contribution in [0.3, 0.4) is 0 Å². The summed E-state index contributed by atoms with van der Waals surface area (Å²) in [6.45, 7) is 0.654. The maximum atomic E-state index is 14.1. The highest BCUT2D eigenvalue weighted by Crippen LogP contribution is 2.49. The van der Waals surface area contributed by atoms with Crippen LogP contribution in [0.4, 0.5) is 5.95 Å². The molecule has 5 nitrogen and oxygen atoms in total. The van der Waals surface area contributed by atoms with Crippen molar-refractivity contribution in [2.75, 3.05) is 18.5 Å². The Kier molecular flexibility index (Phi) is 4.91. The summed E-state index contributed by atoms with van der Waals surface area (Å²) in [5, 5.41) is 12.5. The monoisotopic (exact) mass is 401 g/mol. The Morgan fingerprint density at radius 1 is 1.03 bits per heavy atom. The van der Waals surface area contributed by atoms with Crippen LogP contribution in [0.2, 0.25) is 0 Å². The minimum atomic E-state index is -0.117. The zero-order chi connectivity index (χ0) is 20.6. The first kappa shape index (κ1) is 19.1. The van der Waals surface area contributed by atoms with E-state index in [0.29, 0.717) is 18.9 Å². The van der Waals surface area contributed by atoms with Crippen molar-refractivity contribution in [2.45, 2.75) is 43.9 Å². The lowest BCUT2D eigenvalue weighted by molar-refractivity contribution is 0.292. The maximum absolute atomic E-state index is 14.1. The second-order valence-corrected chi connectivity index (χ2v) is 8.46. The van der Waals surface area contributed by atoms with E-state index in [-0.39, 0.29) is 17.6 Å². The third kappa shape index (κ3) is 3.05. The van der Waals surface area contributed by atoms with Gasteiger partial charge in [0.1, 0.15) is 0 Å². The summed E-state index contributed by atoms with van der Waals surface area (Å²) in [6.07, 6.45) is 5.90. The van der Waals surface area contributed by atoms with Crippen LogP contribution in [0.5, 0.6) is 0 Å². The highest BCUT2D eigenvalue weighted by atomic mass is 16.3. The maximum Gasteiger partial charge on any atom is 0.263 e. The van der Waals surface area contributed by atoms with Crippen LogP contribution in [0.25, 0.3) is 16.9 Å². The number of aliphatic hydroxyl groups is 1. The third-order valence-electron chi connectivity index (χ3n) is 6.61. The minimum Gasteiger partial charge on any atom is -0.396 e. The minimum absolute atomic E-state index is 0.0362. The molecule has 0 saturated heterocycles. The summed E-state index contributed by atoms with van der Waals surface area (Å²) in [5.74, 6) is 0.545. The second kappa shape index (κ2) is 7.73. The third-order valence-corrected chi connectivity index (χ3v) is 6.61. The number of benzene rings is 2. The molecule has 3 aromatic rings. The van der Waals surface area contributed by atoms with E-state index in [9.17, 15) is 9.90 Å². The highest BCUT2D eigenvalue weighted by Gasteiger charge is 2.44. The normalized spacial score (nSPS) is 16.3. The molecule has 0 bridgehead atoms. The fourth-order valence-corrected chi connectivity index (χ4v) is 5.25. The Morgan fingerprint density at radius 2 is 1.77 bits per heavy atom. The molecule has 0 radical (unpaired) electrons. The van der Waals surface area contributed by atoms with Gasteiger partial charge in [0.2, 0.25) is 5.95 Å². The number of rotatable bonds is 5. The topological polar surface area (TPSA) is 67.2 Å². The van der Waals surface area contributed by atoms with Crippen molar-refractivity contribution in [3.63, 3.8) is 0 Å². The van der Waals surface area contributed by atoms with Crippen LogP contribution in [0.15, 0.2) is 59.4 Å². The van der Waals surface area contributed by atoms with Gasteiger partial charge in [-0.3, -0.25) is 4.79 Å². The van der Waals surface area contributed by atoms with Crippen molar-refractivity contribution >= 4 is 5.95 Å². The van der Waals surface area contributed by atoms with Gasteiger partial charge in [-0.1, -0.05) is 55.3 Å². The van der Waals surface area contributed by atoms with Crippen molar-refractivity contribution in [1.82, 2.24) is 9.55 Å². The number of aliphatic hydroxyl groups excluding tert-OH is 1. The molecule has 1 spiro atoms. The van der Waals surface area contributed by atoms with Gasteiger partial charge < -0.3 is 10.4 Å². The smallest absolute Gasteiger partial charge is 0.263 e. The number of nitrogens with one attached hydrogen (secondary N) is 1. The van der Waals surface area contributed by atoms with Crippen molar-refractivity contribution in [1.29, 1.82) is 0 Å². The molecule has 5 heteroatoms. The van der Waals surface area contributed by atoms with Crippen molar-refractivity contribution in [2.24, 2.45) is 0 Å². The van der Waals surface area contributed by atoms with E-state index in [2.05, 4.69) is 23.5 Å². The molecule has 0 atom stereocenters. The van der Waals surface area contributed by atoms with Gasteiger partial charge in [-0.25, -0.2) is 9.55 Å². The molecule has 2 aliphatic rings. The Bertz CT molecular complexity index is 1110. The first-order valence-corrected chi connectivity index (χ1v) is 10.9. The number of anilines is 1. The molecular formula is C25H27N3O2. The molecule has 2 N–H and O–H groups in total. The van der Waals surface area contributed by atoms with Gasteiger partial charge >= 0.3 is 0 Å². The number of fused-ring (bicyclic) bond motifs is 4. The predicted octanol–water partition coefficient (Wildman–Crippen LogP) is 4.06. The van der Waals surface area contributed by atoms with Gasteiger partial charge in [0, 0.05) is 24.1 Å². The molecule has 0 amide bonds. The molecule has 2 aliphatic carbocycles. The summed E-state index contributed by atoms with van der Waals surface area (Å²) >= 11 is 0. The Hall–Kier alpha value is -2.92. The van der Waals surface area contributed by atoms with Crippen LogP contribution < -0.4 is 10.9 Å². The first-order valence-electron chi connectivity index (χ1n) is 10.9. The summed E-state index contributed by atoms with van der Waals surface area (Å²) in [4.78, 5) is 19.1. The Balaban J connectivity index is 1.79. The largest absolute Gasteiger partial charge is 0.396 e. The molecule has 2 aromatic carbocycles. The summed E-state index contributed by atoms with van der Waals surface area (Å²) in [6, 6.07) is 18.1. The van der Waals surface area contributed by atoms with Gasteiger partial charge in [-0.15, -0.1) is 0 Å². The quantitative estimate of drug-likeness (QED) is 0.633. The number of hydrogen-bond donors (Lipinski definition) is 2. The van der Waals surface area contributed by atoms with Gasteiger partial charge in [0.05, 0.1) is 16.9 Å². The van der Waals surface area contributed by atoms with E-state index in [4.69, 9.17) is 4.98 Å². The predicted molar refractivity (Wildman–Crippen MR) is 119 cm³/mol. The van der Waals surface area contributed by atoms with Gasteiger partial charge in [-0.2, -0.15) is 0 Å². The molecule has 1 heterocycles. The molecule has 1 aromatic heterocycles. The SMILES string of the molecule is O=c1c2c(nc(NCCCO)n1-c1ccccc1)-c1ccccc1CC21CCCC1. The van der Waals surface area contributed by atoms with E-state index in [1.54, 1.807) is 4.57 Å². The Labute approximate surface area is 176 Å². The zero-order valence-corrected chi connectivity index (χ0v) is 17.1. The van der Waals surface area contributed by atoms with E-state index < -0.39 is 0 Å². The van der Waals surface area contributed by atoms with Crippen molar-refractivity contribution in [3.05, 3.63) is 76.1 Å². The van der Waals surface area contributed by atoms with E-state index in [0.717, 1.165) is 54.6 Å². The lowest BCUT2D eigenvalue weighted by Gasteiger charge is -2.36. The average molecular weight is 402 g/mol. The molecule has 30 heavy (non-hydrogen) atoms. The van der Waals surface area contributed by atoms with Crippen LogP contribution >= 0.6 is 0 Å². The fraction of sp³-hybridized carbons (Fsp3) is 0.360. The lowest BCUT2D eigenvalue weighted by Crippen LogP contribution is -2.40. The molecule has 1 saturated carbocycles. The molecule has 1 fully saturated rings. The standard InChI is InChI=1S/C25H27N3O2/c29-16-8-15-26-24-27-22-20-12-5-4-9-18(20)17-25(13-6-7-14-25)21(22)23(30)28(24)19-10-2-1-3-11-19/h1-5,9-12,29H,6-8,13-17H2,(H,26,27). The first-order chi connectivity index (χ1) is 14.7. The summed E-state index contributed by atoms with van der Waals surface area (Å²) < 4.78 is 1.73. The van der Waals surface area contributed by atoms with E-state index in [1.807, 2.05) is 36.4 Å². The molecule has 0 aliphatic heterocycles. The second-order valence-electron chi connectivity index (χ2n) is 8.46. The lowest BCUT2D eigenvalue weighted by atomic mass is 9.68. The van der Waals surface area contributed by atoms with E-state index in [1.165, 1.54) is 5.56 Å². The number of hydrogen-bond acceptors (Lipinski definition) is 4. The van der Waals surface area contributed by atoms with Crippen LogP contribution in [-0.4, -0.2) is 27.8 Å². The average Bonchev–Trinajstić information content (AvgIpc) is 3.23. The fourth-order valence-electron chi connectivity index (χ4n) is 5.25. The Morgan fingerprint density at radius 3 is 2.53 bits per heavy atom. The van der Waals surface area contributed by atoms with Crippen LogP contribution in [0.1, 0.15) is 43.2 Å². The number of para-hydroxylation sites is 1. The molecule has 0 unspecified atom stereocenters. The number of nitrogens with zero attached hydrogens (tertiary/aromatic N) is 2. The van der Waals surface area contributed by atoms with Gasteiger partial charge in [0.25, 0.3) is 5.56 Å². The summed E-state index contributed by atoms with van der Waals surface area (Å²) in [5.41, 5.74) is 4.82. The van der Waals surface area contributed by atoms with E-state index >= 15 is 0 Å². The number of aromatic nitrogens is 2. The molecular weight excluding hydrogens is 374 g/mol. The molecule has 5 rings (SSSR count).